The summed E-state index contributed by atoms with van der Waals surface area (Å²) in [5.74, 6) is 0.758. The fraction of sp³-hybridized carbons (Fsp3) is 0.286. The van der Waals surface area contributed by atoms with Crippen molar-refractivity contribution in [1.82, 2.24) is 9.97 Å². The number of nitrogens with one attached hydrogen (secondary N) is 1. The first-order chi connectivity index (χ1) is 5.72. The largest absolute Gasteiger partial charge is 0.310 e. The molecule has 0 aromatic carbocycles. The average Bonchev–Trinajstić information content (AvgIpc) is 2.04. The first-order valence-corrected chi connectivity index (χ1v) is 3.91. The molecule has 12 heavy (non-hydrogen) atoms. The quantitative estimate of drug-likeness (QED) is 0.699. The van der Waals surface area contributed by atoms with E-state index in [1.54, 1.807) is 19.2 Å². The molecule has 0 atom stereocenters. The second kappa shape index (κ2) is 4.01. The number of halogens is 1. The Morgan fingerprint density at radius 3 is 3.08 bits per heavy atom. The van der Waals surface area contributed by atoms with Crippen molar-refractivity contribution in [3.05, 3.63) is 18.1 Å². The zero-order valence-corrected chi connectivity index (χ0v) is 7.30. The lowest BCUT2D eigenvalue weighted by Gasteiger charge is -2.00. The maximum Gasteiger partial charge on any atom is 0.240 e. The van der Waals surface area contributed by atoms with E-state index in [4.69, 9.17) is 11.6 Å². The predicted molar refractivity (Wildman–Crippen MR) is 46.1 cm³/mol. The van der Waals surface area contributed by atoms with Crippen molar-refractivity contribution in [3.63, 3.8) is 0 Å². The molecule has 1 rings (SSSR count). The Labute approximate surface area is 75.0 Å². The van der Waals surface area contributed by atoms with Gasteiger partial charge >= 0.3 is 0 Å². The van der Waals surface area contributed by atoms with Gasteiger partial charge in [-0.2, -0.15) is 0 Å². The first kappa shape index (κ1) is 8.93. The van der Waals surface area contributed by atoms with Crippen molar-refractivity contribution in [2.45, 2.75) is 6.92 Å². The van der Waals surface area contributed by atoms with Gasteiger partial charge in [-0.1, -0.05) is 0 Å². The summed E-state index contributed by atoms with van der Waals surface area (Å²) in [6.07, 6.45) is 1.58. The number of rotatable bonds is 2. The van der Waals surface area contributed by atoms with E-state index in [-0.39, 0.29) is 11.8 Å². The van der Waals surface area contributed by atoms with Gasteiger partial charge in [-0.15, -0.1) is 11.6 Å². The van der Waals surface area contributed by atoms with E-state index in [2.05, 4.69) is 15.3 Å². The average molecular weight is 186 g/mol. The molecule has 0 radical (unpaired) electrons. The van der Waals surface area contributed by atoms with Crippen LogP contribution in [0.15, 0.2) is 12.3 Å². The minimum absolute atomic E-state index is 0.0664. The fourth-order valence-corrected chi connectivity index (χ4v) is 0.769. The van der Waals surface area contributed by atoms with Crippen LogP contribution < -0.4 is 5.32 Å². The van der Waals surface area contributed by atoms with Crippen LogP contribution >= 0.6 is 11.6 Å². The van der Waals surface area contributed by atoms with E-state index in [9.17, 15) is 4.79 Å². The maximum atomic E-state index is 10.8. The molecule has 0 spiro atoms. The van der Waals surface area contributed by atoms with Gasteiger partial charge in [-0.05, 0) is 13.0 Å². The standard InChI is InChI=1S/C7H8ClN3O/c1-5-9-3-2-6(10-5)11-7(12)4-8/h2-3H,4H2,1H3,(H,9,10,11,12). The lowest BCUT2D eigenvalue weighted by atomic mass is 10.5. The highest BCUT2D eigenvalue weighted by atomic mass is 35.5. The molecule has 0 aliphatic heterocycles. The van der Waals surface area contributed by atoms with Crippen molar-refractivity contribution in [2.75, 3.05) is 11.2 Å². The number of aromatic nitrogens is 2. The van der Waals surface area contributed by atoms with Crippen molar-refractivity contribution in [1.29, 1.82) is 0 Å². The number of aryl methyl sites for hydroxylation is 1. The summed E-state index contributed by atoms with van der Waals surface area (Å²) in [6, 6.07) is 1.61. The van der Waals surface area contributed by atoms with Gasteiger partial charge in [0, 0.05) is 6.20 Å². The van der Waals surface area contributed by atoms with Crippen LogP contribution in [0.5, 0.6) is 0 Å². The number of carbonyl (C=O) groups excluding carboxylic acids is 1. The van der Waals surface area contributed by atoms with Gasteiger partial charge in [0.15, 0.2) is 0 Å². The zero-order valence-electron chi connectivity index (χ0n) is 6.54. The van der Waals surface area contributed by atoms with Gasteiger partial charge in [0.25, 0.3) is 0 Å². The lowest BCUT2D eigenvalue weighted by Crippen LogP contribution is -2.13. The van der Waals surface area contributed by atoms with E-state index in [1.807, 2.05) is 0 Å². The van der Waals surface area contributed by atoms with Gasteiger partial charge in [-0.25, -0.2) is 9.97 Å². The third-order valence-corrected chi connectivity index (χ3v) is 1.41. The number of alkyl halides is 1. The molecule has 4 nitrogen and oxygen atoms in total. The Bertz CT molecular complexity index is 290. The predicted octanol–water partition coefficient (Wildman–Crippen LogP) is 0.962. The second-order valence-electron chi connectivity index (χ2n) is 2.17. The van der Waals surface area contributed by atoms with Crippen LogP contribution in [0.2, 0.25) is 0 Å². The van der Waals surface area contributed by atoms with Crippen LogP contribution in [0, 0.1) is 6.92 Å². The molecule has 0 unspecified atom stereocenters. The van der Waals surface area contributed by atoms with Crippen LogP contribution in [0.25, 0.3) is 0 Å². The highest BCUT2D eigenvalue weighted by molar-refractivity contribution is 6.28. The van der Waals surface area contributed by atoms with E-state index >= 15 is 0 Å². The van der Waals surface area contributed by atoms with Crippen LogP contribution in [0.3, 0.4) is 0 Å². The summed E-state index contributed by atoms with van der Waals surface area (Å²) in [5, 5.41) is 2.51. The van der Waals surface area contributed by atoms with E-state index in [1.165, 1.54) is 0 Å². The number of anilines is 1. The number of hydrogen-bond acceptors (Lipinski definition) is 3. The second-order valence-corrected chi connectivity index (χ2v) is 2.44. The molecule has 64 valence electrons. The Morgan fingerprint density at radius 2 is 2.50 bits per heavy atom. The van der Waals surface area contributed by atoms with E-state index in [0.717, 1.165) is 0 Å². The van der Waals surface area contributed by atoms with Gasteiger partial charge in [0.05, 0.1) is 0 Å². The zero-order chi connectivity index (χ0) is 8.97. The maximum absolute atomic E-state index is 10.8. The molecular weight excluding hydrogens is 178 g/mol. The summed E-state index contributed by atoms with van der Waals surface area (Å²) < 4.78 is 0. The van der Waals surface area contributed by atoms with Crippen molar-refractivity contribution < 1.29 is 4.79 Å². The molecule has 5 heteroatoms. The molecule has 1 N–H and O–H groups in total. The van der Waals surface area contributed by atoms with Gasteiger partial charge < -0.3 is 5.32 Å². The molecule has 0 fully saturated rings. The Morgan fingerprint density at radius 1 is 1.75 bits per heavy atom. The molecule has 0 aliphatic carbocycles. The first-order valence-electron chi connectivity index (χ1n) is 3.38. The third-order valence-electron chi connectivity index (χ3n) is 1.16. The topological polar surface area (TPSA) is 54.9 Å². The Hall–Kier alpha value is -1.16. The van der Waals surface area contributed by atoms with Crippen molar-refractivity contribution in [2.24, 2.45) is 0 Å². The van der Waals surface area contributed by atoms with E-state index in [0.29, 0.717) is 11.6 Å². The SMILES string of the molecule is Cc1nccc(NC(=O)CCl)n1. The minimum atomic E-state index is -0.269. The molecular formula is C7H8ClN3O. The van der Waals surface area contributed by atoms with Crippen LogP contribution in [0.1, 0.15) is 5.82 Å². The Kier molecular flexibility index (Phi) is 2.99. The normalized spacial score (nSPS) is 9.50. The summed E-state index contributed by atoms with van der Waals surface area (Å²) in [4.78, 5) is 18.6. The molecule has 0 saturated heterocycles. The summed E-state index contributed by atoms with van der Waals surface area (Å²) in [7, 11) is 0. The molecule has 1 amide bonds. The highest BCUT2D eigenvalue weighted by Crippen LogP contribution is 2.00. The van der Waals surface area contributed by atoms with Gasteiger partial charge in [0.1, 0.15) is 17.5 Å². The molecule has 0 aliphatic rings. The van der Waals surface area contributed by atoms with E-state index < -0.39 is 0 Å². The highest BCUT2D eigenvalue weighted by Gasteiger charge is 2.00. The van der Waals surface area contributed by atoms with Crippen molar-refractivity contribution in [3.8, 4) is 0 Å². The number of hydrogen-bond donors (Lipinski definition) is 1. The van der Waals surface area contributed by atoms with Crippen LogP contribution in [-0.4, -0.2) is 21.8 Å². The molecule has 1 heterocycles. The molecule has 1 aromatic heterocycles. The molecule has 0 saturated carbocycles. The third kappa shape index (κ3) is 2.47. The van der Waals surface area contributed by atoms with Gasteiger partial charge in [-0.3, -0.25) is 4.79 Å². The number of carbonyl (C=O) groups is 1. The van der Waals surface area contributed by atoms with Gasteiger partial charge in [0.2, 0.25) is 5.91 Å². The van der Waals surface area contributed by atoms with Crippen LogP contribution in [-0.2, 0) is 4.79 Å². The number of nitrogens with zero attached hydrogens (tertiary/aromatic N) is 2. The van der Waals surface area contributed by atoms with Crippen LogP contribution in [0.4, 0.5) is 5.82 Å². The Balaban J connectivity index is 2.69. The summed E-state index contributed by atoms with van der Waals surface area (Å²) in [6.45, 7) is 1.75. The minimum Gasteiger partial charge on any atom is -0.310 e. The molecule has 0 bridgehead atoms. The van der Waals surface area contributed by atoms with Crippen molar-refractivity contribution >= 4 is 23.3 Å². The number of amides is 1. The summed E-state index contributed by atoms with van der Waals surface area (Å²) in [5.41, 5.74) is 0. The molecule has 1 aromatic rings. The monoisotopic (exact) mass is 185 g/mol. The summed E-state index contributed by atoms with van der Waals surface area (Å²) >= 11 is 5.29. The lowest BCUT2D eigenvalue weighted by molar-refractivity contribution is -0.113. The fourth-order valence-electron chi connectivity index (χ4n) is 0.702. The smallest absolute Gasteiger partial charge is 0.240 e.